The molecule has 0 saturated heterocycles. The molecule has 2 aromatic rings. The molecule has 0 spiro atoms. The highest BCUT2D eigenvalue weighted by Gasteiger charge is 2.09. The first kappa shape index (κ1) is 28.8. The SMILES string of the molecule is C=C(C)OCOc1cc(Nc2cc(OCOC(=C)C)cc(OCOC(=C)C)c2)cc(OCOC(=C)C)c1. The predicted octanol–water partition coefficient (Wildman–Crippen LogP) is 6.98. The number of nitrogens with one attached hydrogen (secondary N) is 1. The summed E-state index contributed by atoms with van der Waals surface area (Å²) in [7, 11) is 0. The van der Waals surface area contributed by atoms with Gasteiger partial charge in [0.25, 0.3) is 0 Å². The van der Waals surface area contributed by atoms with Gasteiger partial charge in [0.15, 0.2) is 0 Å². The molecule has 0 saturated carbocycles. The smallest absolute Gasteiger partial charge is 0.230 e. The van der Waals surface area contributed by atoms with E-state index < -0.39 is 0 Å². The summed E-state index contributed by atoms with van der Waals surface area (Å²) in [6, 6.07) is 10.6. The first-order valence-electron chi connectivity index (χ1n) is 11.3. The molecule has 200 valence electrons. The lowest BCUT2D eigenvalue weighted by Crippen LogP contribution is -2.05. The maximum Gasteiger partial charge on any atom is 0.230 e. The van der Waals surface area contributed by atoms with Crippen molar-refractivity contribution in [2.24, 2.45) is 0 Å². The van der Waals surface area contributed by atoms with Gasteiger partial charge in [-0.25, -0.2) is 0 Å². The zero-order valence-electron chi connectivity index (χ0n) is 21.9. The molecule has 0 aliphatic heterocycles. The van der Waals surface area contributed by atoms with Gasteiger partial charge in [-0.3, -0.25) is 0 Å². The van der Waals surface area contributed by atoms with Crippen LogP contribution in [0.4, 0.5) is 11.4 Å². The van der Waals surface area contributed by atoms with E-state index >= 15 is 0 Å². The molecule has 9 heteroatoms. The van der Waals surface area contributed by atoms with Crippen molar-refractivity contribution in [3.63, 3.8) is 0 Å². The van der Waals surface area contributed by atoms with Crippen molar-refractivity contribution in [2.75, 3.05) is 32.5 Å². The lowest BCUT2D eigenvalue weighted by Gasteiger charge is -2.16. The third kappa shape index (κ3) is 12.2. The number of hydrogen-bond acceptors (Lipinski definition) is 9. The van der Waals surface area contributed by atoms with Crippen LogP contribution in [0.25, 0.3) is 0 Å². The van der Waals surface area contributed by atoms with Gasteiger partial charge in [-0.1, -0.05) is 26.3 Å². The van der Waals surface area contributed by atoms with Gasteiger partial charge in [-0.15, -0.1) is 0 Å². The minimum absolute atomic E-state index is 0.00670. The molecule has 0 unspecified atom stereocenters. The van der Waals surface area contributed by atoms with Crippen LogP contribution in [0.15, 0.2) is 85.8 Å². The highest BCUT2D eigenvalue weighted by molar-refractivity contribution is 5.66. The van der Waals surface area contributed by atoms with E-state index in [0.717, 1.165) is 0 Å². The molecule has 1 N–H and O–H groups in total. The number of hydrogen-bond donors (Lipinski definition) is 1. The Morgan fingerprint density at radius 1 is 0.486 bits per heavy atom. The van der Waals surface area contributed by atoms with Crippen molar-refractivity contribution in [1.29, 1.82) is 0 Å². The van der Waals surface area contributed by atoms with Crippen LogP contribution in [0.2, 0.25) is 0 Å². The van der Waals surface area contributed by atoms with E-state index in [1.54, 1.807) is 64.1 Å². The fraction of sp³-hybridized carbons (Fsp3) is 0.286. The Balaban J connectivity index is 2.27. The molecule has 0 aliphatic carbocycles. The summed E-state index contributed by atoms with van der Waals surface area (Å²) in [5.41, 5.74) is 1.33. The fourth-order valence-electron chi connectivity index (χ4n) is 2.58. The Kier molecular flexibility index (Phi) is 11.6. The topological polar surface area (TPSA) is 85.9 Å². The Labute approximate surface area is 218 Å². The van der Waals surface area contributed by atoms with E-state index in [4.69, 9.17) is 37.9 Å². The summed E-state index contributed by atoms with van der Waals surface area (Å²) in [4.78, 5) is 0. The molecule has 9 nitrogen and oxygen atoms in total. The summed E-state index contributed by atoms with van der Waals surface area (Å²) in [5, 5.41) is 3.31. The Hall–Kier alpha value is -4.40. The fourth-order valence-corrected chi connectivity index (χ4v) is 2.58. The predicted molar refractivity (Wildman–Crippen MR) is 142 cm³/mol. The molecule has 0 fully saturated rings. The molecular weight excluding hydrogens is 478 g/mol. The van der Waals surface area contributed by atoms with Gasteiger partial charge in [-0.05, 0) is 27.7 Å². The molecule has 0 aliphatic rings. The van der Waals surface area contributed by atoms with E-state index in [-0.39, 0.29) is 27.2 Å². The average molecular weight is 514 g/mol. The van der Waals surface area contributed by atoms with Crippen LogP contribution in [0.1, 0.15) is 27.7 Å². The Bertz CT molecular complexity index is 934. The minimum atomic E-state index is -0.00670. The number of rotatable bonds is 18. The molecule has 0 atom stereocenters. The zero-order valence-corrected chi connectivity index (χ0v) is 21.9. The van der Waals surface area contributed by atoms with E-state index in [1.165, 1.54) is 0 Å². The third-order valence-electron chi connectivity index (χ3n) is 4.17. The van der Waals surface area contributed by atoms with Gasteiger partial charge in [0.1, 0.15) is 23.0 Å². The highest BCUT2D eigenvalue weighted by Crippen LogP contribution is 2.32. The summed E-state index contributed by atoms with van der Waals surface area (Å²) < 4.78 is 44.1. The van der Waals surface area contributed by atoms with Crippen molar-refractivity contribution in [1.82, 2.24) is 0 Å². The normalized spacial score (nSPS) is 9.95. The Morgan fingerprint density at radius 3 is 0.946 bits per heavy atom. The first-order chi connectivity index (χ1) is 17.6. The van der Waals surface area contributed by atoms with Crippen LogP contribution in [0, 0.1) is 0 Å². The minimum Gasteiger partial charge on any atom is -0.463 e. The van der Waals surface area contributed by atoms with Gasteiger partial charge in [0.2, 0.25) is 27.2 Å². The van der Waals surface area contributed by atoms with Gasteiger partial charge in [0, 0.05) is 47.8 Å². The second-order valence-corrected chi connectivity index (χ2v) is 7.95. The summed E-state index contributed by atoms with van der Waals surface area (Å²) >= 11 is 0. The standard InChI is InChI=1S/C28H35NO8/c1-19(2)30-15-34-25-9-23(10-26(13-25)35-16-31-20(3)4)29-24-11-27(36-17-32-21(5)6)14-28(12-24)37-18-33-22(7)8/h9-14,29H,1,3,5,7,15-18H2,2,4,6,8H3. The molecule has 2 aromatic carbocycles. The maximum atomic E-state index is 5.70. The van der Waals surface area contributed by atoms with Gasteiger partial charge in [0.05, 0.1) is 23.0 Å². The largest absolute Gasteiger partial charge is 0.463 e. The molecule has 0 heterocycles. The number of ether oxygens (including phenoxy) is 8. The summed E-state index contributed by atoms with van der Waals surface area (Å²) in [6.07, 6.45) is 0. The van der Waals surface area contributed by atoms with Crippen LogP contribution in [-0.4, -0.2) is 27.2 Å². The molecule has 2 rings (SSSR count). The second kappa shape index (κ2) is 14.9. The molecule has 0 aromatic heterocycles. The third-order valence-corrected chi connectivity index (χ3v) is 4.17. The van der Waals surface area contributed by atoms with Crippen molar-refractivity contribution < 1.29 is 37.9 Å². The zero-order chi connectivity index (χ0) is 27.2. The monoisotopic (exact) mass is 513 g/mol. The number of anilines is 2. The van der Waals surface area contributed by atoms with Crippen LogP contribution >= 0.6 is 0 Å². The van der Waals surface area contributed by atoms with Crippen molar-refractivity contribution >= 4 is 11.4 Å². The van der Waals surface area contributed by atoms with E-state index in [9.17, 15) is 0 Å². The maximum absolute atomic E-state index is 5.70. The lowest BCUT2D eigenvalue weighted by molar-refractivity contribution is 0.0570. The quantitative estimate of drug-likeness (QED) is 0.168. The van der Waals surface area contributed by atoms with Gasteiger partial charge < -0.3 is 43.2 Å². The number of allylic oxidation sites excluding steroid dienone is 4. The van der Waals surface area contributed by atoms with Crippen molar-refractivity contribution in [3.8, 4) is 23.0 Å². The second-order valence-electron chi connectivity index (χ2n) is 7.95. The average Bonchev–Trinajstić information content (AvgIpc) is 2.78. The molecule has 0 radical (unpaired) electrons. The molecule has 37 heavy (non-hydrogen) atoms. The van der Waals surface area contributed by atoms with Crippen molar-refractivity contribution in [3.05, 3.63) is 85.8 Å². The van der Waals surface area contributed by atoms with E-state index in [0.29, 0.717) is 57.4 Å². The van der Waals surface area contributed by atoms with Crippen LogP contribution in [0.5, 0.6) is 23.0 Å². The molecule has 0 amide bonds. The van der Waals surface area contributed by atoms with E-state index in [2.05, 4.69) is 31.6 Å². The highest BCUT2D eigenvalue weighted by atomic mass is 16.7. The van der Waals surface area contributed by atoms with Crippen LogP contribution < -0.4 is 24.3 Å². The first-order valence-corrected chi connectivity index (χ1v) is 11.3. The van der Waals surface area contributed by atoms with Gasteiger partial charge in [-0.2, -0.15) is 0 Å². The summed E-state index contributed by atoms with van der Waals surface area (Å²) in [5.74, 6) is 4.17. The summed E-state index contributed by atoms with van der Waals surface area (Å²) in [6.45, 7) is 21.7. The molecular formula is C28H35NO8. The van der Waals surface area contributed by atoms with E-state index in [1.807, 2.05) is 0 Å². The molecule has 0 bridgehead atoms. The van der Waals surface area contributed by atoms with Crippen LogP contribution in [0.3, 0.4) is 0 Å². The van der Waals surface area contributed by atoms with Gasteiger partial charge >= 0.3 is 0 Å². The lowest BCUT2D eigenvalue weighted by atomic mass is 10.2. The van der Waals surface area contributed by atoms with Crippen LogP contribution in [-0.2, 0) is 18.9 Å². The van der Waals surface area contributed by atoms with Crippen molar-refractivity contribution in [2.45, 2.75) is 27.7 Å². The number of benzene rings is 2. The Morgan fingerprint density at radius 2 is 0.730 bits per heavy atom.